The Morgan fingerprint density at radius 1 is 1.27 bits per heavy atom. The van der Waals surface area contributed by atoms with E-state index >= 15 is 0 Å². The smallest absolute Gasteiger partial charge is 0.193 e. The van der Waals surface area contributed by atoms with Crippen molar-refractivity contribution in [3.8, 4) is 0 Å². The fraction of sp³-hybridized carbons (Fsp3) is 0.250. The molecule has 15 heavy (non-hydrogen) atoms. The molecule has 2 rings (SSSR count). The Bertz CT molecular complexity index is 570. The van der Waals surface area contributed by atoms with Gasteiger partial charge in [-0.2, -0.15) is 0 Å². The van der Waals surface area contributed by atoms with Crippen molar-refractivity contribution in [2.45, 2.75) is 20.4 Å². The largest absolute Gasteiger partial charge is 0.459 e. The third-order valence-corrected chi connectivity index (χ3v) is 2.41. The maximum atomic E-state index is 11.7. The second-order valence-corrected chi connectivity index (χ2v) is 3.74. The normalized spacial score (nSPS) is 10.9. The first-order chi connectivity index (χ1) is 7.11. The van der Waals surface area contributed by atoms with Crippen LogP contribution in [-0.4, -0.2) is 0 Å². The molecule has 0 aliphatic rings. The van der Waals surface area contributed by atoms with Gasteiger partial charge in [0.05, 0.1) is 11.9 Å². The second kappa shape index (κ2) is 3.51. The molecule has 0 saturated heterocycles. The number of hydrogen-bond acceptors (Lipinski definition) is 3. The maximum absolute atomic E-state index is 11.7. The van der Waals surface area contributed by atoms with E-state index < -0.39 is 0 Å². The molecule has 0 fully saturated rings. The molecule has 2 aromatic rings. The molecule has 0 saturated carbocycles. The monoisotopic (exact) mass is 203 g/mol. The summed E-state index contributed by atoms with van der Waals surface area (Å²) in [4.78, 5) is 11.7. The van der Waals surface area contributed by atoms with E-state index in [0.717, 1.165) is 11.1 Å². The van der Waals surface area contributed by atoms with Crippen LogP contribution in [0.15, 0.2) is 27.4 Å². The fourth-order valence-electron chi connectivity index (χ4n) is 1.76. The van der Waals surface area contributed by atoms with Crippen molar-refractivity contribution in [1.82, 2.24) is 0 Å². The van der Waals surface area contributed by atoms with E-state index in [4.69, 9.17) is 10.2 Å². The number of aryl methyl sites for hydroxylation is 2. The molecule has 2 N–H and O–H groups in total. The summed E-state index contributed by atoms with van der Waals surface area (Å²) < 4.78 is 5.55. The minimum absolute atomic E-state index is 0.0245. The molecule has 3 heteroatoms. The lowest BCUT2D eigenvalue weighted by Gasteiger charge is -2.04. The van der Waals surface area contributed by atoms with E-state index in [2.05, 4.69) is 0 Å². The topological polar surface area (TPSA) is 56.2 Å². The van der Waals surface area contributed by atoms with Gasteiger partial charge in [-0.25, -0.2) is 0 Å². The average Bonchev–Trinajstić information content (AvgIpc) is 2.19. The molecule has 1 aromatic carbocycles. The van der Waals surface area contributed by atoms with Crippen molar-refractivity contribution >= 4 is 11.0 Å². The van der Waals surface area contributed by atoms with E-state index in [-0.39, 0.29) is 12.0 Å². The van der Waals surface area contributed by atoms with Crippen LogP contribution in [0.4, 0.5) is 0 Å². The van der Waals surface area contributed by atoms with Gasteiger partial charge in [0.25, 0.3) is 0 Å². The Balaban J connectivity index is 2.91. The van der Waals surface area contributed by atoms with Crippen LogP contribution in [0.2, 0.25) is 0 Å². The SMILES string of the molecule is Cc1cc(C)c2oc(CN)cc(=O)c2c1. The lowest BCUT2D eigenvalue weighted by atomic mass is 10.1. The zero-order valence-corrected chi connectivity index (χ0v) is 8.83. The molecule has 1 aromatic heterocycles. The maximum Gasteiger partial charge on any atom is 0.193 e. The van der Waals surface area contributed by atoms with Crippen molar-refractivity contribution < 1.29 is 4.42 Å². The highest BCUT2D eigenvalue weighted by Crippen LogP contribution is 2.18. The molecule has 0 unspecified atom stereocenters. The van der Waals surface area contributed by atoms with E-state index in [1.807, 2.05) is 26.0 Å². The van der Waals surface area contributed by atoms with Crippen LogP contribution in [0.3, 0.4) is 0 Å². The van der Waals surface area contributed by atoms with Crippen LogP contribution in [0.5, 0.6) is 0 Å². The van der Waals surface area contributed by atoms with Gasteiger partial charge in [0.2, 0.25) is 0 Å². The third kappa shape index (κ3) is 1.66. The van der Waals surface area contributed by atoms with Crippen LogP contribution in [0, 0.1) is 13.8 Å². The fourth-order valence-corrected chi connectivity index (χ4v) is 1.76. The second-order valence-electron chi connectivity index (χ2n) is 3.74. The molecule has 0 radical (unpaired) electrons. The summed E-state index contributed by atoms with van der Waals surface area (Å²) in [5, 5.41) is 0.629. The number of hydrogen-bond donors (Lipinski definition) is 1. The van der Waals surface area contributed by atoms with Gasteiger partial charge >= 0.3 is 0 Å². The summed E-state index contributed by atoms with van der Waals surface area (Å²) in [6.07, 6.45) is 0. The molecular formula is C12H13NO2. The van der Waals surface area contributed by atoms with E-state index in [1.54, 1.807) is 0 Å². The number of nitrogens with two attached hydrogens (primary N) is 1. The van der Waals surface area contributed by atoms with Crippen LogP contribution < -0.4 is 11.2 Å². The highest BCUT2D eigenvalue weighted by atomic mass is 16.3. The molecule has 3 nitrogen and oxygen atoms in total. The molecule has 78 valence electrons. The van der Waals surface area contributed by atoms with Crippen LogP contribution >= 0.6 is 0 Å². The highest BCUT2D eigenvalue weighted by molar-refractivity contribution is 5.80. The van der Waals surface area contributed by atoms with Gasteiger partial charge in [-0.3, -0.25) is 4.79 Å². The van der Waals surface area contributed by atoms with E-state index in [9.17, 15) is 4.79 Å². The molecule has 0 spiro atoms. The van der Waals surface area contributed by atoms with Gasteiger partial charge in [0.1, 0.15) is 11.3 Å². The molecular weight excluding hydrogens is 190 g/mol. The first-order valence-electron chi connectivity index (χ1n) is 4.86. The summed E-state index contributed by atoms with van der Waals surface area (Å²) >= 11 is 0. The van der Waals surface area contributed by atoms with Crippen molar-refractivity contribution in [3.63, 3.8) is 0 Å². The van der Waals surface area contributed by atoms with Crippen molar-refractivity contribution in [3.05, 3.63) is 45.3 Å². The number of fused-ring (bicyclic) bond motifs is 1. The Labute approximate surface area is 87.5 Å². The quantitative estimate of drug-likeness (QED) is 0.769. The van der Waals surface area contributed by atoms with E-state index in [1.165, 1.54) is 6.07 Å². The van der Waals surface area contributed by atoms with Gasteiger partial charge < -0.3 is 10.2 Å². The van der Waals surface area contributed by atoms with Gasteiger partial charge in [0, 0.05) is 6.07 Å². The molecule has 0 aliphatic carbocycles. The van der Waals surface area contributed by atoms with Crippen LogP contribution in [-0.2, 0) is 6.54 Å². The standard InChI is InChI=1S/C12H13NO2/c1-7-3-8(2)12-10(4-7)11(14)5-9(6-13)15-12/h3-5H,6,13H2,1-2H3. The zero-order valence-electron chi connectivity index (χ0n) is 8.83. The van der Waals surface area contributed by atoms with Gasteiger partial charge in [-0.15, -0.1) is 0 Å². The van der Waals surface area contributed by atoms with Crippen LogP contribution in [0.1, 0.15) is 16.9 Å². The minimum Gasteiger partial charge on any atom is -0.459 e. The third-order valence-electron chi connectivity index (χ3n) is 2.41. The Morgan fingerprint density at radius 2 is 2.00 bits per heavy atom. The predicted octanol–water partition coefficient (Wildman–Crippen LogP) is 1.87. The molecule has 0 bridgehead atoms. The molecule has 0 atom stereocenters. The van der Waals surface area contributed by atoms with Crippen molar-refractivity contribution in [2.24, 2.45) is 5.73 Å². The van der Waals surface area contributed by atoms with Gasteiger partial charge in [-0.1, -0.05) is 6.07 Å². The van der Waals surface area contributed by atoms with Crippen molar-refractivity contribution in [2.75, 3.05) is 0 Å². The lowest BCUT2D eigenvalue weighted by molar-refractivity contribution is 0.537. The first-order valence-corrected chi connectivity index (χ1v) is 4.86. The molecule has 1 heterocycles. The summed E-state index contributed by atoms with van der Waals surface area (Å²) in [6, 6.07) is 5.29. The predicted molar refractivity (Wildman–Crippen MR) is 59.8 cm³/mol. The Morgan fingerprint density at radius 3 is 2.67 bits per heavy atom. The number of rotatable bonds is 1. The molecule has 0 aliphatic heterocycles. The van der Waals surface area contributed by atoms with Gasteiger partial charge in [0.15, 0.2) is 5.43 Å². The Kier molecular flexibility index (Phi) is 2.32. The minimum atomic E-state index is -0.0245. The highest BCUT2D eigenvalue weighted by Gasteiger charge is 2.06. The number of benzene rings is 1. The summed E-state index contributed by atoms with van der Waals surface area (Å²) in [7, 11) is 0. The van der Waals surface area contributed by atoms with Crippen LogP contribution in [0.25, 0.3) is 11.0 Å². The first kappa shape index (κ1) is 9.93. The zero-order chi connectivity index (χ0) is 11.0. The summed E-state index contributed by atoms with van der Waals surface area (Å²) in [6.45, 7) is 4.14. The summed E-state index contributed by atoms with van der Waals surface area (Å²) in [5.41, 5.74) is 8.11. The summed E-state index contributed by atoms with van der Waals surface area (Å²) in [5.74, 6) is 0.527. The molecule has 0 amide bonds. The van der Waals surface area contributed by atoms with E-state index in [0.29, 0.717) is 16.7 Å². The van der Waals surface area contributed by atoms with Gasteiger partial charge in [-0.05, 0) is 31.0 Å². The van der Waals surface area contributed by atoms with Crippen molar-refractivity contribution in [1.29, 1.82) is 0 Å². The average molecular weight is 203 g/mol. The Hall–Kier alpha value is -1.61. The lowest BCUT2D eigenvalue weighted by Crippen LogP contribution is -2.06.